The Morgan fingerprint density at radius 3 is 2.83 bits per heavy atom. The average Bonchev–Trinajstić information content (AvgIpc) is 2.57. The fourth-order valence-electron chi connectivity index (χ4n) is 2.63. The van der Waals surface area contributed by atoms with E-state index in [2.05, 4.69) is 15.6 Å². The lowest BCUT2D eigenvalue weighted by atomic mass is 10.1. The molecule has 0 aliphatic carbocycles. The third-order valence-corrected chi connectivity index (χ3v) is 3.90. The van der Waals surface area contributed by atoms with E-state index in [-0.39, 0.29) is 18.1 Å². The maximum Gasteiger partial charge on any atom is 0.222 e. The molecule has 1 aliphatic heterocycles. The number of rotatable bonds is 6. The maximum atomic E-state index is 11.6. The highest BCUT2D eigenvalue weighted by Gasteiger charge is 2.23. The van der Waals surface area contributed by atoms with Crippen molar-refractivity contribution in [3.63, 3.8) is 0 Å². The first-order valence-electron chi connectivity index (χ1n) is 8.59. The highest BCUT2D eigenvalue weighted by molar-refractivity contribution is 5.81. The monoisotopic (exact) mass is 332 g/mol. The van der Waals surface area contributed by atoms with Gasteiger partial charge in [0.05, 0.1) is 6.54 Å². The third-order valence-electron chi connectivity index (χ3n) is 3.90. The molecule has 2 N–H and O–H groups in total. The van der Waals surface area contributed by atoms with Gasteiger partial charge < -0.3 is 20.3 Å². The molecule has 1 saturated heterocycles. The first kappa shape index (κ1) is 18.1. The van der Waals surface area contributed by atoms with Crippen LogP contribution in [0.5, 0.6) is 5.75 Å². The molecule has 2 rings (SSSR count). The number of likely N-dealkylation sites (tertiary alicyclic amines) is 1. The summed E-state index contributed by atoms with van der Waals surface area (Å²) in [6, 6.07) is 10.00. The third kappa shape index (κ3) is 5.76. The quantitative estimate of drug-likeness (QED) is 0.614. The van der Waals surface area contributed by atoms with Gasteiger partial charge in [-0.1, -0.05) is 18.2 Å². The number of hydrogen-bond donors (Lipinski definition) is 2. The predicted molar refractivity (Wildman–Crippen MR) is 96.3 cm³/mol. The van der Waals surface area contributed by atoms with E-state index >= 15 is 0 Å². The van der Waals surface area contributed by atoms with Crippen LogP contribution in [0.3, 0.4) is 0 Å². The number of nitrogens with zero attached hydrogens (tertiary/aromatic N) is 2. The lowest BCUT2D eigenvalue weighted by Crippen LogP contribution is -2.51. The normalized spacial score (nSPS) is 19.8. The van der Waals surface area contributed by atoms with Gasteiger partial charge in [-0.2, -0.15) is 0 Å². The van der Waals surface area contributed by atoms with E-state index in [9.17, 15) is 4.79 Å². The standard InChI is InChI=1S/C18H28N4O2/c1-4-19-18(21-15-10-11-17(23)22(3)13-15)20-12-14(2)24-16-8-6-5-7-9-16/h5-9,14-15H,4,10-13H2,1-3H3,(H2,19,20,21). The van der Waals surface area contributed by atoms with Crippen molar-refractivity contribution in [2.75, 3.05) is 26.7 Å². The summed E-state index contributed by atoms with van der Waals surface area (Å²) >= 11 is 0. The van der Waals surface area contributed by atoms with E-state index < -0.39 is 0 Å². The molecule has 1 amide bonds. The zero-order valence-corrected chi connectivity index (χ0v) is 14.8. The number of ether oxygens (including phenoxy) is 1. The molecule has 6 heteroatoms. The topological polar surface area (TPSA) is 66.0 Å². The number of carbonyl (C=O) groups excluding carboxylic acids is 1. The lowest BCUT2D eigenvalue weighted by molar-refractivity contribution is -0.132. The van der Waals surface area contributed by atoms with Crippen LogP contribution in [-0.4, -0.2) is 55.6 Å². The largest absolute Gasteiger partial charge is 0.489 e. The number of likely N-dealkylation sites (N-methyl/N-ethyl adjacent to an activating group) is 1. The minimum atomic E-state index is -0.0153. The second-order valence-electron chi connectivity index (χ2n) is 6.12. The minimum Gasteiger partial charge on any atom is -0.489 e. The molecule has 0 bridgehead atoms. The van der Waals surface area contributed by atoms with Crippen LogP contribution in [0.2, 0.25) is 0 Å². The molecular weight excluding hydrogens is 304 g/mol. The van der Waals surface area contributed by atoms with Gasteiger partial charge in [0.25, 0.3) is 0 Å². The average molecular weight is 332 g/mol. The molecule has 2 unspecified atom stereocenters. The molecular formula is C18H28N4O2. The highest BCUT2D eigenvalue weighted by Crippen LogP contribution is 2.11. The van der Waals surface area contributed by atoms with Crippen molar-refractivity contribution in [1.82, 2.24) is 15.5 Å². The molecule has 1 fully saturated rings. The molecule has 0 radical (unpaired) electrons. The van der Waals surface area contributed by atoms with Gasteiger partial charge in [-0.15, -0.1) is 0 Å². The number of guanidine groups is 1. The molecule has 132 valence electrons. The van der Waals surface area contributed by atoms with E-state index in [0.717, 1.165) is 24.7 Å². The first-order valence-corrected chi connectivity index (χ1v) is 8.59. The zero-order chi connectivity index (χ0) is 17.4. The van der Waals surface area contributed by atoms with Gasteiger partial charge in [-0.25, -0.2) is 4.99 Å². The lowest BCUT2D eigenvalue weighted by Gasteiger charge is -2.31. The van der Waals surface area contributed by atoms with Crippen LogP contribution >= 0.6 is 0 Å². The molecule has 0 aromatic heterocycles. The number of hydrogen-bond acceptors (Lipinski definition) is 3. The van der Waals surface area contributed by atoms with Crippen molar-refractivity contribution in [2.45, 2.75) is 38.8 Å². The Labute approximate surface area is 144 Å². The molecule has 0 spiro atoms. The Morgan fingerprint density at radius 2 is 2.17 bits per heavy atom. The molecule has 1 aromatic rings. The number of amides is 1. The predicted octanol–water partition coefficient (Wildman–Crippen LogP) is 1.63. The molecule has 1 heterocycles. The SMILES string of the molecule is CCNC(=NCC(C)Oc1ccccc1)NC1CCC(=O)N(C)C1. The summed E-state index contributed by atoms with van der Waals surface area (Å²) in [5, 5.41) is 6.67. The molecule has 0 saturated carbocycles. The number of benzene rings is 1. The summed E-state index contributed by atoms with van der Waals surface area (Å²) < 4.78 is 5.85. The van der Waals surface area contributed by atoms with Crippen LogP contribution in [0, 0.1) is 0 Å². The second-order valence-corrected chi connectivity index (χ2v) is 6.12. The van der Waals surface area contributed by atoms with Gasteiger partial charge in [-0.05, 0) is 32.4 Å². The smallest absolute Gasteiger partial charge is 0.222 e. The van der Waals surface area contributed by atoms with Crippen LogP contribution in [0.4, 0.5) is 0 Å². The molecule has 2 atom stereocenters. The van der Waals surface area contributed by atoms with Crippen molar-refractivity contribution >= 4 is 11.9 Å². The van der Waals surface area contributed by atoms with Crippen LogP contribution < -0.4 is 15.4 Å². The number of carbonyl (C=O) groups is 1. The summed E-state index contributed by atoms with van der Waals surface area (Å²) in [4.78, 5) is 18.0. The number of para-hydroxylation sites is 1. The number of aliphatic imine (C=N–C) groups is 1. The van der Waals surface area contributed by atoms with Gasteiger partial charge in [0, 0.05) is 32.6 Å². The Bertz CT molecular complexity index is 547. The van der Waals surface area contributed by atoms with Gasteiger partial charge >= 0.3 is 0 Å². The van der Waals surface area contributed by atoms with E-state index in [1.807, 2.05) is 51.2 Å². The Hall–Kier alpha value is -2.24. The molecule has 1 aliphatic rings. The second kappa shape index (κ2) is 9.15. The van der Waals surface area contributed by atoms with E-state index in [1.54, 1.807) is 4.90 Å². The molecule has 6 nitrogen and oxygen atoms in total. The Balaban J connectivity index is 1.86. The van der Waals surface area contributed by atoms with Crippen molar-refractivity contribution in [1.29, 1.82) is 0 Å². The van der Waals surface area contributed by atoms with Gasteiger partial charge in [0.15, 0.2) is 5.96 Å². The van der Waals surface area contributed by atoms with Crippen LogP contribution in [0.25, 0.3) is 0 Å². The zero-order valence-electron chi connectivity index (χ0n) is 14.8. The highest BCUT2D eigenvalue weighted by atomic mass is 16.5. The summed E-state index contributed by atoms with van der Waals surface area (Å²) in [6.45, 7) is 6.11. The van der Waals surface area contributed by atoms with Crippen molar-refractivity contribution in [2.24, 2.45) is 4.99 Å². The molecule has 1 aromatic carbocycles. The van der Waals surface area contributed by atoms with Gasteiger partial charge in [0.2, 0.25) is 5.91 Å². The minimum absolute atomic E-state index is 0.0153. The molecule has 24 heavy (non-hydrogen) atoms. The van der Waals surface area contributed by atoms with Crippen molar-refractivity contribution in [3.05, 3.63) is 30.3 Å². The summed E-state index contributed by atoms with van der Waals surface area (Å²) in [5.41, 5.74) is 0. The fourth-order valence-corrected chi connectivity index (χ4v) is 2.63. The van der Waals surface area contributed by atoms with Gasteiger partial charge in [0.1, 0.15) is 11.9 Å². The Morgan fingerprint density at radius 1 is 1.42 bits per heavy atom. The van der Waals surface area contributed by atoms with Crippen LogP contribution in [0.15, 0.2) is 35.3 Å². The van der Waals surface area contributed by atoms with E-state index in [1.165, 1.54) is 0 Å². The summed E-state index contributed by atoms with van der Waals surface area (Å²) in [7, 11) is 1.84. The van der Waals surface area contributed by atoms with Gasteiger partial charge in [-0.3, -0.25) is 4.79 Å². The fraction of sp³-hybridized carbons (Fsp3) is 0.556. The number of piperidine rings is 1. The van der Waals surface area contributed by atoms with Crippen LogP contribution in [0.1, 0.15) is 26.7 Å². The maximum absolute atomic E-state index is 11.6. The number of nitrogens with one attached hydrogen (secondary N) is 2. The van der Waals surface area contributed by atoms with E-state index in [0.29, 0.717) is 19.5 Å². The first-order chi connectivity index (χ1) is 11.6. The van der Waals surface area contributed by atoms with Crippen molar-refractivity contribution in [3.8, 4) is 5.75 Å². The summed E-state index contributed by atoms with van der Waals surface area (Å²) in [6.07, 6.45) is 1.41. The van der Waals surface area contributed by atoms with E-state index in [4.69, 9.17) is 4.74 Å². The van der Waals surface area contributed by atoms with Crippen molar-refractivity contribution < 1.29 is 9.53 Å². The van der Waals surface area contributed by atoms with Crippen LogP contribution in [-0.2, 0) is 4.79 Å². The Kier molecular flexibility index (Phi) is 6.90. The summed E-state index contributed by atoms with van der Waals surface area (Å²) in [5.74, 6) is 1.83.